The third-order valence-electron chi connectivity index (χ3n) is 4.22. The molecule has 1 amide bonds. The SMILES string of the molecule is CC[C@H](C)NC(=O)[C@@H](C)n1c(=O)n(CC)c(=O)c2ccc(Cl)cc21. The molecule has 7 heteroatoms. The highest BCUT2D eigenvalue weighted by atomic mass is 35.5. The lowest BCUT2D eigenvalue weighted by atomic mass is 10.2. The normalized spacial score (nSPS) is 13.7. The van der Waals surface area contributed by atoms with Crippen LogP contribution in [0, 0.1) is 0 Å². The fourth-order valence-electron chi connectivity index (χ4n) is 2.59. The molecule has 1 heterocycles. The molecule has 2 rings (SSSR count). The molecule has 0 saturated carbocycles. The number of amides is 1. The first-order valence-electron chi connectivity index (χ1n) is 8.06. The minimum absolute atomic E-state index is 0.00239. The summed E-state index contributed by atoms with van der Waals surface area (Å²) in [5, 5.41) is 3.63. The Morgan fingerprint density at radius 3 is 2.50 bits per heavy atom. The summed E-state index contributed by atoms with van der Waals surface area (Å²) in [7, 11) is 0. The molecule has 0 saturated heterocycles. The molecule has 1 aromatic heterocycles. The molecule has 6 nitrogen and oxygen atoms in total. The Morgan fingerprint density at radius 2 is 1.92 bits per heavy atom. The van der Waals surface area contributed by atoms with Crippen LogP contribution in [0.5, 0.6) is 0 Å². The molecule has 2 aromatic rings. The topological polar surface area (TPSA) is 73.1 Å². The number of nitrogens with one attached hydrogen (secondary N) is 1. The molecule has 1 aromatic carbocycles. The smallest absolute Gasteiger partial charge is 0.332 e. The molecule has 1 N–H and O–H groups in total. The van der Waals surface area contributed by atoms with Crippen molar-refractivity contribution in [1.82, 2.24) is 14.5 Å². The number of halogens is 1. The van der Waals surface area contributed by atoms with Crippen LogP contribution in [0.15, 0.2) is 27.8 Å². The number of carbonyl (C=O) groups excluding carboxylic acids is 1. The van der Waals surface area contributed by atoms with Gasteiger partial charge >= 0.3 is 5.69 Å². The molecular formula is C17H22ClN3O3. The van der Waals surface area contributed by atoms with Gasteiger partial charge in [-0.25, -0.2) is 4.79 Å². The van der Waals surface area contributed by atoms with Crippen LogP contribution in [0.4, 0.5) is 0 Å². The maximum atomic E-state index is 12.8. The molecule has 0 fully saturated rings. The van der Waals surface area contributed by atoms with Gasteiger partial charge in [-0.3, -0.25) is 18.7 Å². The largest absolute Gasteiger partial charge is 0.352 e. The van der Waals surface area contributed by atoms with Crippen molar-refractivity contribution in [2.75, 3.05) is 0 Å². The zero-order valence-corrected chi connectivity index (χ0v) is 15.1. The highest BCUT2D eigenvalue weighted by Crippen LogP contribution is 2.18. The number of fused-ring (bicyclic) bond motifs is 1. The van der Waals surface area contributed by atoms with E-state index in [4.69, 9.17) is 11.6 Å². The van der Waals surface area contributed by atoms with E-state index in [1.165, 1.54) is 4.57 Å². The second kappa shape index (κ2) is 7.21. The maximum absolute atomic E-state index is 12.8. The zero-order chi connectivity index (χ0) is 18.0. The summed E-state index contributed by atoms with van der Waals surface area (Å²) in [5.74, 6) is -0.269. The highest BCUT2D eigenvalue weighted by Gasteiger charge is 2.22. The lowest BCUT2D eigenvalue weighted by Crippen LogP contribution is -2.45. The van der Waals surface area contributed by atoms with E-state index in [1.807, 2.05) is 13.8 Å². The summed E-state index contributed by atoms with van der Waals surface area (Å²) in [6, 6.07) is 3.98. The van der Waals surface area contributed by atoms with Crippen molar-refractivity contribution < 1.29 is 4.79 Å². The molecule has 0 radical (unpaired) electrons. The van der Waals surface area contributed by atoms with Crippen molar-refractivity contribution in [2.24, 2.45) is 0 Å². The Balaban J connectivity index is 2.72. The van der Waals surface area contributed by atoms with E-state index >= 15 is 0 Å². The second-order valence-corrected chi connectivity index (χ2v) is 6.29. The monoisotopic (exact) mass is 351 g/mol. The van der Waals surface area contributed by atoms with E-state index < -0.39 is 11.7 Å². The predicted molar refractivity (Wildman–Crippen MR) is 95.8 cm³/mol. The Kier molecular flexibility index (Phi) is 5.49. The summed E-state index contributed by atoms with van der Waals surface area (Å²) in [5.41, 5.74) is -0.516. The van der Waals surface area contributed by atoms with Crippen LogP contribution in [-0.4, -0.2) is 21.1 Å². The molecule has 0 aliphatic carbocycles. The molecule has 130 valence electrons. The number of hydrogen-bond donors (Lipinski definition) is 1. The number of hydrogen-bond acceptors (Lipinski definition) is 3. The van der Waals surface area contributed by atoms with Crippen LogP contribution >= 0.6 is 11.6 Å². The average Bonchev–Trinajstić information content (AvgIpc) is 2.54. The summed E-state index contributed by atoms with van der Waals surface area (Å²) in [4.78, 5) is 37.7. The number of nitrogens with zero attached hydrogens (tertiary/aromatic N) is 2. The molecule has 0 spiro atoms. The van der Waals surface area contributed by atoms with Crippen LogP contribution in [0.1, 0.15) is 40.2 Å². The minimum atomic E-state index is -0.758. The molecule has 0 unspecified atom stereocenters. The zero-order valence-electron chi connectivity index (χ0n) is 14.3. The third kappa shape index (κ3) is 3.24. The maximum Gasteiger partial charge on any atom is 0.332 e. The van der Waals surface area contributed by atoms with Crippen molar-refractivity contribution in [3.05, 3.63) is 44.1 Å². The predicted octanol–water partition coefficient (Wildman–Crippen LogP) is 2.31. The Bertz CT molecular complexity index is 885. The quantitative estimate of drug-likeness (QED) is 0.898. The van der Waals surface area contributed by atoms with Crippen molar-refractivity contribution in [1.29, 1.82) is 0 Å². The van der Waals surface area contributed by atoms with E-state index in [1.54, 1.807) is 32.0 Å². The van der Waals surface area contributed by atoms with Gasteiger partial charge < -0.3 is 5.32 Å². The third-order valence-corrected chi connectivity index (χ3v) is 4.45. The minimum Gasteiger partial charge on any atom is -0.352 e. The van der Waals surface area contributed by atoms with Gasteiger partial charge in [-0.1, -0.05) is 18.5 Å². The number of rotatable bonds is 5. The van der Waals surface area contributed by atoms with Crippen LogP contribution < -0.4 is 16.6 Å². The summed E-state index contributed by atoms with van der Waals surface area (Å²) in [6.07, 6.45) is 0.786. The van der Waals surface area contributed by atoms with Crippen LogP contribution in [0.25, 0.3) is 10.9 Å². The van der Waals surface area contributed by atoms with E-state index in [2.05, 4.69) is 5.32 Å². The molecule has 0 bridgehead atoms. The Labute approximate surface area is 145 Å². The van der Waals surface area contributed by atoms with Gasteiger partial charge in [0, 0.05) is 17.6 Å². The van der Waals surface area contributed by atoms with Gasteiger partial charge in [0.1, 0.15) is 6.04 Å². The summed E-state index contributed by atoms with van der Waals surface area (Å²) in [6.45, 7) is 7.46. The van der Waals surface area contributed by atoms with E-state index in [9.17, 15) is 14.4 Å². The highest BCUT2D eigenvalue weighted by molar-refractivity contribution is 6.31. The Hall–Kier alpha value is -2.08. The lowest BCUT2D eigenvalue weighted by Gasteiger charge is -2.21. The average molecular weight is 352 g/mol. The molecule has 0 aliphatic rings. The first-order chi connectivity index (χ1) is 11.3. The van der Waals surface area contributed by atoms with Crippen molar-refractivity contribution in [3.63, 3.8) is 0 Å². The van der Waals surface area contributed by atoms with Crippen LogP contribution in [0.3, 0.4) is 0 Å². The van der Waals surface area contributed by atoms with Gasteiger partial charge in [-0.2, -0.15) is 0 Å². The van der Waals surface area contributed by atoms with Gasteiger partial charge in [0.25, 0.3) is 5.56 Å². The lowest BCUT2D eigenvalue weighted by molar-refractivity contribution is -0.124. The summed E-state index contributed by atoms with van der Waals surface area (Å²) < 4.78 is 2.47. The van der Waals surface area contributed by atoms with Crippen molar-refractivity contribution >= 4 is 28.4 Å². The molecule has 0 aliphatic heterocycles. The van der Waals surface area contributed by atoms with Gasteiger partial charge in [-0.05, 0) is 45.4 Å². The number of benzene rings is 1. The van der Waals surface area contributed by atoms with E-state index in [0.29, 0.717) is 15.9 Å². The second-order valence-electron chi connectivity index (χ2n) is 5.86. The van der Waals surface area contributed by atoms with Gasteiger partial charge in [0.15, 0.2) is 0 Å². The standard InChI is InChI=1S/C17H22ClN3O3/c1-5-10(3)19-15(22)11(4)21-14-9-12(18)7-8-13(14)16(23)20(6-2)17(21)24/h7-11H,5-6H2,1-4H3,(H,19,22)/t10-,11+/m0/s1. The first kappa shape index (κ1) is 18.3. The molecule has 24 heavy (non-hydrogen) atoms. The van der Waals surface area contributed by atoms with Crippen molar-refractivity contribution in [2.45, 2.75) is 52.7 Å². The molecule has 2 atom stereocenters. The number of aromatic nitrogens is 2. The van der Waals surface area contributed by atoms with Gasteiger partial charge in [0.05, 0.1) is 10.9 Å². The van der Waals surface area contributed by atoms with Crippen LogP contribution in [0.2, 0.25) is 5.02 Å². The van der Waals surface area contributed by atoms with E-state index in [-0.39, 0.29) is 24.1 Å². The van der Waals surface area contributed by atoms with Gasteiger partial charge in [0.2, 0.25) is 5.91 Å². The summed E-state index contributed by atoms with van der Waals surface area (Å²) >= 11 is 6.04. The molecular weight excluding hydrogens is 330 g/mol. The fourth-order valence-corrected chi connectivity index (χ4v) is 2.75. The van der Waals surface area contributed by atoms with Crippen LogP contribution in [-0.2, 0) is 11.3 Å². The first-order valence-corrected chi connectivity index (χ1v) is 8.44. The Morgan fingerprint density at radius 1 is 1.25 bits per heavy atom. The fraction of sp³-hybridized carbons (Fsp3) is 0.471. The van der Waals surface area contributed by atoms with Crippen molar-refractivity contribution in [3.8, 4) is 0 Å². The van der Waals surface area contributed by atoms with Gasteiger partial charge in [-0.15, -0.1) is 0 Å². The number of carbonyl (C=O) groups is 1. The van der Waals surface area contributed by atoms with E-state index in [0.717, 1.165) is 11.0 Å².